The molecule has 1 N–H and O–H groups in total. The Morgan fingerprint density at radius 3 is 2.88 bits per heavy atom. The summed E-state index contributed by atoms with van der Waals surface area (Å²) in [5, 5.41) is 9.41. The number of aliphatic carboxylic acids is 1. The fourth-order valence-electron chi connectivity index (χ4n) is 3.66. The van der Waals surface area contributed by atoms with E-state index in [4.69, 9.17) is 0 Å². The third kappa shape index (κ3) is 2.48. The highest BCUT2D eigenvalue weighted by Crippen LogP contribution is 2.36. The molecule has 2 aliphatic heterocycles. The summed E-state index contributed by atoms with van der Waals surface area (Å²) in [4.78, 5) is 30.4. The predicted octanol–water partition coefficient (Wildman–Crippen LogP) is 1.98. The van der Waals surface area contributed by atoms with Crippen molar-refractivity contribution in [2.75, 3.05) is 11.4 Å². The maximum absolute atomic E-state index is 12.7. The van der Waals surface area contributed by atoms with Crippen LogP contribution >= 0.6 is 0 Å². The molecule has 1 aromatic carbocycles. The van der Waals surface area contributed by atoms with Crippen molar-refractivity contribution >= 4 is 17.6 Å². The normalized spacial score (nSPS) is 19.0. The zero-order valence-electron chi connectivity index (χ0n) is 13.3. The van der Waals surface area contributed by atoms with Crippen LogP contribution < -0.4 is 4.90 Å². The van der Waals surface area contributed by atoms with Gasteiger partial charge in [-0.2, -0.15) is 0 Å². The molecule has 24 heavy (non-hydrogen) atoms. The number of hydrogen-bond acceptors (Lipinski definition) is 3. The second kappa shape index (κ2) is 5.78. The second-order valence-electron chi connectivity index (χ2n) is 6.43. The molecule has 6 nitrogen and oxygen atoms in total. The van der Waals surface area contributed by atoms with Crippen LogP contribution in [0.5, 0.6) is 0 Å². The summed E-state index contributed by atoms with van der Waals surface area (Å²) in [6.45, 7) is 1.16. The van der Waals surface area contributed by atoms with Crippen LogP contribution in [0.4, 0.5) is 5.69 Å². The zero-order valence-corrected chi connectivity index (χ0v) is 13.3. The van der Waals surface area contributed by atoms with Gasteiger partial charge in [0.2, 0.25) is 5.91 Å². The quantitative estimate of drug-likeness (QED) is 0.936. The molecule has 0 aliphatic carbocycles. The number of aromatic nitrogens is 2. The van der Waals surface area contributed by atoms with Gasteiger partial charge in [0.05, 0.1) is 12.1 Å². The maximum Gasteiger partial charge on any atom is 0.312 e. The van der Waals surface area contributed by atoms with Crippen molar-refractivity contribution in [1.82, 2.24) is 9.55 Å². The van der Waals surface area contributed by atoms with Gasteiger partial charge < -0.3 is 14.6 Å². The van der Waals surface area contributed by atoms with E-state index in [1.165, 1.54) is 0 Å². The van der Waals surface area contributed by atoms with Gasteiger partial charge in [-0.15, -0.1) is 0 Å². The molecule has 0 bridgehead atoms. The van der Waals surface area contributed by atoms with Crippen molar-refractivity contribution in [2.45, 2.75) is 38.1 Å². The topological polar surface area (TPSA) is 75.4 Å². The molecule has 2 aliphatic rings. The van der Waals surface area contributed by atoms with Gasteiger partial charge in [0, 0.05) is 31.4 Å². The molecule has 1 aromatic heterocycles. The van der Waals surface area contributed by atoms with Gasteiger partial charge in [-0.05, 0) is 24.5 Å². The molecule has 0 saturated heterocycles. The van der Waals surface area contributed by atoms with Crippen LogP contribution in [-0.4, -0.2) is 33.1 Å². The second-order valence-corrected chi connectivity index (χ2v) is 6.43. The minimum atomic E-state index is -0.893. The van der Waals surface area contributed by atoms with E-state index in [1.807, 2.05) is 24.4 Å². The van der Waals surface area contributed by atoms with Gasteiger partial charge in [-0.25, -0.2) is 4.98 Å². The SMILES string of the molecule is O=C(O)C1CN(C(=O)Cc2cn3c(n2)CCCC3)c2ccccc21. The number of benzene rings is 1. The summed E-state index contributed by atoms with van der Waals surface area (Å²) < 4.78 is 2.13. The Labute approximate surface area is 139 Å². The number of carbonyl (C=O) groups is 2. The van der Waals surface area contributed by atoms with E-state index in [-0.39, 0.29) is 18.9 Å². The number of amides is 1. The van der Waals surface area contributed by atoms with Gasteiger partial charge in [0.25, 0.3) is 0 Å². The number of anilines is 1. The first kappa shape index (κ1) is 14.9. The lowest BCUT2D eigenvalue weighted by atomic mass is 10.0. The van der Waals surface area contributed by atoms with Crippen LogP contribution in [0.1, 0.15) is 35.8 Å². The van der Waals surface area contributed by atoms with Crippen LogP contribution in [0.25, 0.3) is 0 Å². The van der Waals surface area contributed by atoms with Crippen LogP contribution in [0.15, 0.2) is 30.5 Å². The number of rotatable bonds is 3. The van der Waals surface area contributed by atoms with E-state index in [2.05, 4.69) is 9.55 Å². The fraction of sp³-hybridized carbons (Fsp3) is 0.389. The van der Waals surface area contributed by atoms with E-state index in [0.29, 0.717) is 11.3 Å². The summed E-state index contributed by atoms with van der Waals surface area (Å²) >= 11 is 0. The number of carboxylic acid groups (broad SMARTS) is 1. The van der Waals surface area contributed by atoms with Crippen molar-refractivity contribution in [2.24, 2.45) is 0 Å². The molecule has 0 spiro atoms. The van der Waals surface area contributed by atoms with Crippen LogP contribution in [0.2, 0.25) is 0 Å². The average molecular weight is 325 g/mol. The first-order chi connectivity index (χ1) is 11.6. The summed E-state index contributed by atoms with van der Waals surface area (Å²) in [5.41, 5.74) is 2.19. The third-order valence-corrected chi connectivity index (χ3v) is 4.86. The Hall–Kier alpha value is -2.63. The van der Waals surface area contributed by atoms with Crippen molar-refractivity contribution in [3.05, 3.63) is 47.5 Å². The number of carboxylic acids is 1. The van der Waals surface area contributed by atoms with Crippen LogP contribution in [0.3, 0.4) is 0 Å². The van der Waals surface area contributed by atoms with Gasteiger partial charge >= 0.3 is 5.97 Å². The molecule has 3 heterocycles. The number of para-hydroxylation sites is 1. The first-order valence-electron chi connectivity index (χ1n) is 8.30. The maximum atomic E-state index is 12.7. The highest BCUT2D eigenvalue weighted by atomic mass is 16.4. The van der Waals surface area contributed by atoms with Crippen molar-refractivity contribution in [3.8, 4) is 0 Å². The molecule has 4 rings (SSSR count). The number of fused-ring (bicyclic) bond motifs is 2. The molecular weight excluding hydrogens is 306 g/mol. The Morgan fingerprint density at radius 1 is 1.25 bits per heavy atom. The van der Waals surface area contributed by atoms with E-state index in [9.17, 15) is 14.7 Å². The molecule has 0 fully saturated rings. The van der Waals surface area contributed by atoms with E-state index < -0.39 is 11.9 Å². The molecule has 124 valence electrons. The summed E-state index contributed by atoms with van der Waals surface area (Å²) in [5.74, 6) is -0.591. The highest BCUT2D eigenvalue weighted by Gasteiger charge is 2.36. The van der Waals surface area contributed by atoms with Crippen LogP contribution in [0, 0.1) is 0 Å². The number of nitrogens with zero attached hydrogens (tertiary/aromatic N) is 3. The molecule has 0 saturated carbocycles. The van der Waals surface area contributed by atoms with Gasteiger partial charge in [-0.1, -0.05) is 18.2 Å². The molecule has 1 atom stereocenters. The molecule has 6 heteroatoms. The van der Waals surface area contributed by atoms with Crippen LogP contribution in [-0.2, 0) is 29.0 Å². The Kier molecular flexibility index (Phi) is 3.59. The van der Waals surface area contributed by atoms with E-state index >= 15 is 0 Å². The fourth-order valence-corrected chi connectivity index (χ4v) is 3.66. The number of carbonyl (C=O) groups excluding carboxylic acids is 1. The van der Waals surface area contributed by atoms with E-state index in [0.717, 1.165) is 37.3 Å². The molecular formula is C18H19N3O3. The third-order valence-electron chi connectivity index (χ3n) is 4.86. The molecule has 1 amide bonds. The summed E-state index contributed by atoms with van der Waals surface area (Å²) in [6, 6.07) is 7.25. The zero-order chi connectivity index (χ0) is 16.7. The van der Waals surface area contributed by atoms with Gasteiger partial charge in [0.15, 0.2) is 0 Å². The Bertz CT molecular complexity index is 788. The first-order valence-corrected chi connectivity index (χ1v) is 8.30. The van der Waals surface area contributed by atoms with Crippen molar-refractivity contribution in [1.29, 1.82) is 0 Å². The Balaban J connectivity index is 1.57. The Morgan fingerprint density at radius 2 is 2.08 bits per heavy atom. The lowest BCUT2D eigenvalue weighted by Crippen LogP contribution is -2.32. The van der Waals surface area contributed by atoms with E-state index in [1.54, 1.807) is 11.0 Å². The largest absolute Gasteiger partial charge is 0.481 e. The lowest BCUT2D eigenvalue weighted by molar-refractivity contribution is -0.138. The molecule has 0 radical (unpaired) electrons. The summed E-state index contributed by atoms with van der Waals surface area (Å²) in [7, 11) is 0. The number of imidazole rings is 1. The average Bonchev–Trinajstić information content (AvgIpc) is 3.15. The standard InChI is InChI=1S/C18H19N3O3/c22-17(9-12-10-20-8-4-3-7-16(20)19-12)21-11-14(18(23)24)13-5-1-2-6-15(13)21/h1-2,5-6,10,14H,3-4,7-9,11H2,(H,23,24). The number of aryl methyl sites for hydroxylation is 2. The van der Waals surface area contributed by atoms with Gasteiger partial charge in [-0.3, -0.25) is 9.59 Å². The highest BCUT2D eigenvalue weighted by molar-refractivity contribution is 5.99. The monoisotopic (exact) mass is 325 g/mol. The van der Waals surface area contributed by atoms with Gasteiger partial charge in [0.1, 0.15) is 11.7 Å². The number of hydrogen-bond donors (Lipinski definition) is 1. The minimum absolute atomic E-state index is 0.0957. The molecule has 1 unspecified atom stereocenters. The smallest absolute Gasteiger partial charge is 0.312 e. The molecule has 2 aromatic rings. The van der Waals surface area contributed by atoms with Crippen molar-refractivity contribution < 1.29 is 14.7 Å². The lowest BCUT2D eigenvalue weighted by Gasteiger charge is -2.16. The van der Waals surface area contributed by atoms with Crippen molar-refractivity contribution in [3.63, 3.8) is 0 Å². The minimum Gasteiger partial charge on any atom is -0.481 e. The summed E-state index contributed by atoms with van der Waals surface area (Å²) in [6.07, 6.45) is 5.42. The predicted molar refractivity (Wildman–Crippen MR) is 88.0 cm³/mol.